The highest BCUT2D eigenvalue weighted by Crippen LogP contribution is 2.21. The SMILES string of the molecule is COc1ccc(C(=O)N2CCN(c3ccnc(N4CCCC4)n3)CC2)cc1. The van der Waals surface area contributed by atoms with Crippen LogP contribution in [-0.4, -0.2) is 67.2 Å². The molecule has 2 saturated heterocycles. The van der Waals surface area contributed by atoms with Crippen LogP contribution in [0.1, 0.15) is 23.2 Å². The lowest BCUT2D eigenvalue weighted by molar-refractivity contribution is 0.0746. The second-order valence-electron chi connectivity index (χ2n) is 6.92. The summed E-state index contributed by atoms with van der Waals surface area (Å²) < 4.78 is 5.16. The van der Waals surface area contributed by atoms with Gasteiger partial charge >= 0.3 is 0 Å². The fraction of sp³-hybridized carbons (Fsp3) is 0.450. The second-order valence-corrected chi connectivity index (χ2v) is 6.92. The molecule has 0 atom stereocenters. The van der Waals surface area contributed by atoms with Crippen molar-refractivity contribution in [3.05, 3.63) is 42.1 Å². The summed E-state index contributed by atoms with van der Waals surface area (Å²) in [6.07, 6.45) is 4.25. The van der Waals surface area contributed by atoms with E-state index < -0.39 is 0 Å². The molecule has 2 aliphatic rings. The molecule has 2 aromatic rings. The maximum absolute atomic E-state index is 12.7. The molecule has 7 heteroatoms. The van der Waals surface area contributed by atoms with Gasteiger partial charge < -0.3 is 19.4 Å². The molecule has 4 rings (SSSR count). The largest absolute Gasteiger partial charge is 0.497 e. The number of carbonyl (C=O) groups is 1. The molecule has 1 aromatic carbocycles. The van der Waals surface area contributed by atoms with Gasteiger partial charge in [-0.15, -0.1) is 0 Å². The van der Waals surface area contributed by atoms with E-state index in [1.54, 1.807) is 7.11 Å². The van der Waals surface area contributed by atoms with E-state index in [0.717, 1.165) is 43.7 Å². The van der Waals surface area contributed by atoms with Crippen LogP contribution in [0, 0.1) is 0 Å². The molecule has 1 aromatic heterocycles. The Labute approximate surface area is 159 Å². The Hall–Kier alpha value is -2.83. The normalized spacial score (nSPS) is 17.3. The zero-order chi connectivity index (χ0) is 18.6. The Kier molecular flexibility index (Phi) is 5.09. The van der Waals surface area contributed by atoms with E-state index >= 15 is 0 Å². The topological polar surface area (TPSA) is 61.8 Å². The molecule has 2 fully saturated rings. The van der Waals surface area contributed by atoms with Crippen LogP contribution in [0.25, 0.3) is 0 Å². The van der Waals surface area contributed by atoms with Crippen LogP contribution in [-0.2, 0) is 0 Å². The van der Waals surface area contributed by atoms with Crippen LogP contribution < -0.4 is 14.5 Å². The van der Waals surface area contributed by atoms with Crippen LogP contribution >= 0.6 is 0 Å². The van der Waals surface area contributed by atoms with Crippen molar-refractivity contribution in [1.29, 1.82) is 0 Å². The Balaban J connectivity index is 1.38. The predicted molar refractivity (Wildman–Crippen MR) is 105 cm³/mol. The number of hydrogen-bond acceptors (Lipinski definition) is 6. The van der Waals surface area contributed by atoms with Gasteiger partial charge in [0.2, 0.25) is 5.95 Å². The van der Waals surface area contributed by atoms with Crippen molar-refractivity contribution < 1.29 is 9.53 Å². The van der Waals surface area contributed by atoms with Crippen molar-refractivity contribution in [3.63, 3.8) is 0 Å². The molecular formula is C20H25N5O2. The van der Waals surface area contributed by atoms with Gasteiger partial charge in [0, 0.05) is 51.0 Å². The molecule has 2 aliphatic heterocycles. The summed E-state index contributed by atoms with van der Waals surface area (Å²) in [4.78, 5) is 28.3. The number of piperazine rings is 1. The number of anilines is 2. The summed E-state index contributed by atoms with van der Waals surface area (Å²) in [6, 6.07) is 9.25. The number of amides is 1. The molecule has 0 unspecified atom stereocenters. The number of nitrogens with zero attached hydrogens (tertiary/aromatic N) is 5. The number of carbonyl (C=O) groups excluding carboxylic acids is 1. The zero-order valence-electron chi connectivity index (χ0n) is 15.7. The van der Waals surface area contributed by atoms with Gasteiger partial charge in [0.15, 0.2) is 0 Å². The van der Waals surface area contributed by atoms with Gasteiger partial charge in [-0.05, 0) is 43.2 Å². The molecule has 142 valence electrons. The number of rotatable bonds is 4. The molecule has 0 radical (unpaired) electrons. The quantitative estimate of drug-likeness (QED) is 0.824. The molecule has 0 aliphatic carbocycles. The van der Waals surface area contributed by atoms with E-state index in [0.29, 0.717) is 18.7 Å². The molecule has 0 N–H and O–H groups in total. The highest BCUT2D eigenvalue weighted by Gasteiger charge is 2.24. The van der Waals surface area contributed by atoms with E-state index in [-0.39, 0.29) is 5.91 Å². The maximum atomic E-state index is 12.7. The fourth-order valence-electron chi connectivity index (χ4n) is 3.64. The van der Waals surface area contributed by atoms with Crippen molar-refractivity contribution in [3.8, 4) is 5.75 Å². The smallest absolute Gasteiger partial charge is 0.253 e. The minimum absolute atomic E-state index is 0.0674. The Morgan fingerprint density at radius 3 is 2.30 bits per heavy atom. The molecule has 1 amide bonds. The molecule has 0 saturated carbocycles. The minimum atomic E-state index is 0.0674. The summed E-state index contributed by atoms with van der Waals surface area (Å²) >= 11 is 0. The first-order valence-electron chi connectivity index (χ1n) is 9.51. The van der Waals surface area contributed by atoms with Gasteiger partial charge in [-0.1, -0.05) is 0 Å². The fourth-order valence-corrected chi connectivity index (χ4v) is 3.64. The first kappa shape index (κ1) is 17.6. The molecular weight excluding hydrogens is 342 g/mol. The van der Waals surface area contributed by atoms with Crippen molar-refractivity contribution in [2.45, 2.75) is 12.8 Å². The monoisotopic (exact) mass is 367 g/mol. The third-order valence-electron chi connectivity index (χ3n) is 5.24. The molecule has 27 heavy (non-hydrogen) atoms. The lowest BCUT2D eigenvalue weighted by Crippen LogP contribution is -2.49. The van der Waals surface area contributed by atoms with Gasteiger partial charge in [-0.3, -0.25) is 4.79 Å². The van der Waals surface area contributed by atoms with Gasteiger partial charge in [0.1, 0.15) is 11.6 Å². The highest BCUT2D eigenvalue weighted by molar-refractivity contribution is 5.94. The number of ether oxygens (including phenoxy) is 1. The van der Waals surface area contributed by atoms with E-state index in [1.165, 1.54) is 12.8 Å². The second kappa shape index (κ2) is 7.82. The van der Waals surface area contributed by atoms with Gasteiger partial charge in [0.05, 0.1) is 7.11 Å². The van der Waals surface area contributed by atoms with Gasteiger partial charge in [-0.25, -0.2) is 4.98 Å². The highest BCUT2D eigenvalue weighted by atomic mass is 16.5. The van der Waals surface area contributed by atoms with Crippen LogP contribution in [0.3, 0.4) is 0 Å². The van der Waals surface area contributed by atoms with E-state index in [2.05, 4.69) is 14.8 Å². The van der Waals surface area contributed by atoms with Crippen molar-refractivity contribution in [2.75, 3.05) is 56.2 Å². The van der Waals surface area contributed by atoms with Crippen LogP contribution in [0.15, 0.2) is 36.5 Å². The van der Waals surface area contributed by atoms with Crippen LogP contribution in [0.4, 0.5) is 11.8 Å². The molecule has 7 nitrogen and oxygen atoms in total. The summed E-state index contributed by atoms with van der Waals surface area (Å²) in [5, 5.41) is 0. The maximum Gasteiger partial charge on any atom is 0.253 e. The third kappa shape index (κ3) is 3.82. The van der Waals surface area contributed by atoms with Crippen molar-refractivity contribution in [2.24, 2.45) is 0 Å². The standard InChI is InChI=1S/C20H25N5O2/c1-27-17-6-4-16(5-7-17)19(26)24-14-12-23(13-15-24)18-8-9-21-20(22-18)25-10-2-3-11-25/h4-9H,2-3,10-15H2,1H3. The number of aromatic nitrogens is 2. The Morgan fingerprint density at radius 2 is 1.63 bits per heavy atom. The van der Waals surface area contributed by atoms with E-state index in [4.69, 9.17) is 9.72 Å². The Bertz CT molecular complexity index is 781. The van der Waals surface area contributed by atoms with Gasteiger partial charge in [-0.2, -0.15) is 4.98 Å². The Morgan fingerprint density at radius 1 is 0.926 bits per heavy atom. The summed E-state index contributed by atoms with van der Waals surface area (Å²) in [7, 11) is 1.62. The molecule has 0 spiro atoms. The first-order valence-corrected chi connectivity index (χ1v) is 9.51. The van der Waals surface area contributed by atoms with Gasteiger partial charge in [0.25, 0.3) is 5.91 Å². The number of methoxy groups -OCH3 is 1. The van der Waals surface area contributed by atoms with Crippen molar-refractivity contribution >= 4 is 17.7 Å². The average molecular weight is 367 g/mol. The average Bonchev–Trinajstić information content (AvgIpc) is 3.29. The number of hydrogen-bond donors (Lipinski definition) is 0. The zero-order valence-corrected chi connectivity index (χ0v) is 15.7. The lowest BCUT2D eigenvalue weighted by Gasteiger charge is -2.35. The summed E-state index contributed by atoms with van der Waals surface area (Å²) in [6.45, 7) is 5.00. The lowest BCUT2D eigenvalue weighted by atomic mass is 10.1. The first-order chi connectivity index (χ1) is 13.2. The third-order valence-corrected chi connectivity index (χ3v) is 5.24. The van der Waals surface area contributed by atoms with Crippen LogP contribution in [0.2, 0.25) is 0 Å². The molecule has 0 bridgehead atoms. The predicted octanol–water partition coefficient (Wildman–Crippen LogP) is 2.05. The summed E-state index contributed by atoms with van der Waals surface area (Å²) in [5.41, 5.74) is 0.697. The van der Waals surface area contributed by atoms with E-state index in [1.807, 2.05) is 41.4 Å². The van der Waals surface area contributed by atoms with Crippen LogP contribution in [0.5, 0.6) is 5.75 Å². The van der Waals surface area contributed by atoms with Crippen molar-refractivity contribution in [1.82, 2.24) is 14.9 Å². The molecule has 3 heterocycles. The summed E-state index contributed by atoms with van der Waals surface area (Å²) in [5.74, 6) is 2.59. The minimum Gasteiger partial charge on any atom is -0.497 e. The van der Waals surface area contributed by atoms with E-state index in [9.17, 15) is 4.79 Å². The number of benzene rings is 1.